The highest BCUT2D eigenvalue weighted by molar-refractivity contribution is 5.92. The van der Waals surface area contributed by atoms with Crippen LogP contribution in [0.15, 0.2) is 59.1 Å². The predicted molar refractivity (Wildman–Crippen MR) is 110 cm³/mol. The summed E-state index contributed by atoms with van der Waals surface area (Å²) in [4.78, 5) is 29.2. The van der Waals surface area contributed by atoms with E-state index in [1.165, 1.54) is 30.3 Å². The lowest BCUT2D eigenvalue weighted by atomic mass is 10.0. The van der Waals surface area contributed by atoms with Crippen LogP contribution in [0.2, 0.25) is 0 Å². The largest absolute Gasteiger partial charge is 0.337 e. The second-order valence-corrected chi connectivity index (χ2v) is 7.19. The molecule has 0 aliphatic carbocycles. The molecule has 0 saturated carbocycles. The van der Waals surface area contributed by atoms with Crippen LogP contribution in [-0.2, 0) is 4.79 Å². The Kier molecular flexibility index (Phi) is 5.83. The van der Waals surface area contributed by atoms with Gasteiger partial charge in [-0.1, -0.05) is 5.16 Å². The normalized spacial score (nSPS) is 16.5. The van der Waals surface area contributed by atoms with E-state index < -0.39 is 4.92 Å². The van der Waals surface area contributed by atoms with Gasteiger partial charge in [0.05, 0.1) is 4.92 Å². The van der Waals surface area contributed by atoms with E-state index in [-0.39, 0.29) is 23.5 Å². The van der Waals surface area contributed by atoms with Gasteiger partial charge in [0, 0.05) is 30.3 Å². The number of carbonyl (C=O) groups is 1. The molecule has 0 N–H and O–H groups in total. The molecule has 0 bridgehead atoms. The van der Waals surface area contributed by atoms with E-state index in [0.29, 0.717) is 35.8 Å². The van der Waals surface area contributed by atoms with E-state index in [1.54, 1.807) is 35.2 Å². The van der Waals surface area contributed by atoms with E-state index in [2.05, 4.69) is 10.1 Å². The fraction of sp³-hybridized carbons (Fsp3) is 0.227. The summed E-state index contributed by atoms with van der Waals surface area (Å²) in [6.45, 7) is 0.558. The monoisotopic (exact) mass is 422 g/mol. The highest BCUT2D eigenvalue weighted by atomic mass is 19.1. The maximum absolute atomic E-state index is 13.1. The molecule has 8 nitrogen and oxygen atoms in total. The average molecular weight is 422 g/mol. The van der Waals surface area contributed by atoms with E-state index in [1.807, 2.05) is 0 Å². The minimum absolute atomic E-state index is 0.00655. The molecule has 1 atom stereocenters. The van der Waals surface area contributed by atoms with Crippen molar-refractivity contribution in [3.63, 3.8) is 0 Å². The van der Waals surface area contributed by atoms with Gasteiger partial charge in [0.25, 0.3) is 5.69 Å². The zero-order valence-electron chi connectivity index (χ0n) is 16.5. The Morgan fingerprint density at radius 3 is 2.61 bits per heavy atom. The summed E-state index contributed by atoms with van der Waals surface area (Å²) >= 11 is 0. The van der Waals surface area contributed by atoms with Crippen molar-refractivity contribution in [3.8, 4) is 11.4 Å². The highest BCUT2D eigenvalue weighted by Crippen LogP contribution is 2.31. The van der Waals surface area contributed by atoms with Crippen LogP contribution >= 0.6 is 0 Å². The number of carbonyl (C=O) groups excluding carboxylic acids is 1. The van der Waals surface area contributed by atoms with Gasteiger partial charge in [-0.2, -0.15) is 4.98 Å². The zero-order chi connectivity index (χ0) is 21.8. The molecule has 1 unspecified atom stereocenters. The molecule has 0 radical (unpaired) electrons. The molecule has 31 heavy (non-hydrogen) atoms. The van der Waals surface area contributed by atoms with Crippen molar-refractivity contribution in [2.24, 2.45) is 0 Å². The third-order valence-electron chi connectivity index (χ3n) is 5.14. The molecular weight excluding hydrogens is 403 g/mol. The molecule has 1 saturated heterocycles. The van der Waals surface area contributed by atoms with Crippen molar-refractivity contribution < 1.29 is 18.6 Å². The molecule has 1 fully saturated rings. The molecule has 0 spiro atoms. The number of piperidine rings is 1. The number of hydrogen-bond acceptors (Lipinski definition) is 6. The summed E-state index contributed by atoms with van der Waals surface area (Å²) in [7, 11) is 0. The third-order valence-corrected chi connectivity index (χ3v) is 5.14. The fourth-order valence-electron chi connectivity index (χ4n) is 3.51. The molecule has 1 aliphatic rings. The molecular formula is C22H19FN4O4. The minimum atomic E-state index is -0.471. The fourth-order valence-corrected chi connectivity index (χ4v) is 3.51. The first kappa shape index (κ1) is 20.4. The van der Waals surface area contributed by atoms with E-state index >= 15 is 0 Å². The van der Waals surface area contributed by atoms with Crippen LogP contribution in [0.25, 0.3) is 17.5 Å². The molecule has 3 aromatic rings. The second-order valence-electron chi connectivity index (χ2n) is 7.19. The van der Waals surface area contributed by atoms with Crippen molar-refractivity contribution in [1.29, 1.82) is 0 Å². The van der Waals surface area contributed by atoms with Gasteiger partial charge in [-0.15, -0.1) is 0 Å². The smallest absolute Gasteiger partial charge is 0.269 e. The number of nitro groups is 1. The number of non-ortho nitro benzene ring substituents is 1. The molecule has 2 aromatic carbocycles. The first-order valence-corrected chi connectivity index (χ1v) is 9.84. The van der Waals surface area contributed by atoms with Gasteiger partial charge in [0.1, 0.15) is 11.9 Å². The highest BCUT2D eigenvalue weighted by Gasteiger charge is 2.31. The van der Waals surface area contributed by atoms with Crippen LogP contribution in [0, 0.1) is 15.9 Å². The quantitative estimate of drug-likeness (QED) is 0.340. The number of nitro benzene ring substituents is 1. The molecule has 1 aromatic heterocycles. The summed E-state index contributed by atoms with van der Waals surface area (Å²) in [6, 6.07) is 11.4. The summed E-state index contributed by atoms with van der Waals surface area (Å²) in [5, 5.41) is 14.7. The lowest BCUT2D eigenvalue weighted by molar-refractivity contribution is -0.384. The van der Waals surface area contributed by atoms with Gasteiger partial charge < -0.3 is 9.42 Å². The molecule has 4 rings (SSSR count). The van der Waals surface area contributed by atoms with Crippen molar-refractivity contribution in [2.75, 3.05) is 6.54 Å². The molecule has 1 aliphatic heterocycles. The summed E-state index contributed by atoms with van der Waals surface area (Å²) in [5.74, 6) is 0.131. The Morgan fingerprint density at radius 2 is 1.90 bits per heavy atom. The lowest BCUT2D eigenvalue weighted by Gasteiger charge is -2.32. The van der Waals surface area contributed by atoms with Gasteiger partial charge in [-0.25, -0.2) is 4.39 Å². The van der Waals surface area contributed by atoms with Crippen LogP contribution in [0.5, 0.6) is 0 Å². The topological polar surface area (TPSA) is 102 Å². The number of likely N-dealkylation sites (tertiary alicyclic amines) is 1. The number of amides is 1. The van der Waals surface area contributed by atoms with Crippen LogP contribution < -0.4 is 0 Å². The van der Waals surface area contributed by atoms with Crippen molar-refractivity contribution in [1.82, 2.24) is 15.0 Å². The maximum Gasteiger partial charge on any atom is 0.269 e. The first-order chi connectivity index (χ1) is 15.0. The van der Waals surface area contributed by atoms with Crippen molar-refractivity contribution in [2.45, 2.75) is 25.3 Å². The number of halogens is 1. The van der Waals surface area contributed by atoms with E-state index in [9.17, 15) is 19.3 Å². The SMILES string of the molecule is O=C(C=Cc1ccc([N+](=O)[O-])cc1)N1CCCCC1c1nc(-c2ccc(F)cc2)no1. The van der Waals surface area contributed by atoms with Gasteiger partial charge in [-0.05, 0) is 67.3 Å². The molecule has 9 heteroatoms. The van der Waals surface area contributed by atoms with Crippen molar-refractivity contribution >= 4 is 17.7 Å². The summed E-state index contributed by atoms with van der Waals surface area (Å²) in [6.07, 6.45) is 5.55. The Morgan fingerprint density at radius 1 is 1.16 bits per heavy atom. The number of nitrogens with zero attached hydrogens (tertiary/aromatic N) is 4. The predicted octanol–water partition coefficient (Wildman–Crippen LogP) is 4.55. The third kappa shape index (κ3) is 4.66. The Balaban J connectivity index is 1.50. The first-order valence-electron chi connectivity index (χ1n) is 9.84. The molecule has 158 valence electrons. The van der Waals surface area contributed by atoms with Gasteiger partial charge in [0.2, 0.25) is 17.6 Å². The molecule has 2 heterocycles. The van der Waals surface area contributed by atoms with Crippen LogP contribution in [0.4, 0.5) is 10.1 Å². The summed E-state index contributed by atoms with van der Waals surface area (Å²) < 4.78 is 18.6. The Bertz CT molecular complexity index is 1110. The van der Waals surface area contributed by atoms with E-state index in [0.717, 1.165) is 12.8 Å². The maximum atomic E-state index is 13.1. The molecule has 1 amide bonds. The summed E-state index contributed by atoms with van der Waals surface area (Å²) in [5.41, 5.74) is 1.31. The van der Waals surface area contributed by atoms with Crippen LogP contribution in [0.1, 0.15) is 36.8 Å². The van der Waals surface area contributed by atoms with Crippen molar-refractivity contribution in [3.05, 3.63) is 82.0 Å². The standard InChI is InChI=1S/C22H19FN4O4/c23-17-9-7-16(8-10-17)21-24-22(31-25-21)19-3-1-2-14-26(19)20(28)13-6-15-4-11-18(12-5-15)27(29)30/h4-13,19H,1-3,14H2. The minimum Gasteiger partial charge on any atom is -0.337 e. The van der Waals surface area contributed by atoms with Crippen LogP contribution in [-0.4, -0.2) is 32.4 Å². The Labute approximate surface area is 177 Å². The number of rotatable bonds is 5. The van der Waals surface area contributed by atoms with Crippen LogP contribution in [0.3, 0.4) is 0 Å². The Hall–Kier alpha value is -3.88. The lowest BCUT2D eigenvalue weighted by Crippen LogP contribution is -2.37. The number of hydrogen-bond donors (Lipinski definition) is 0. The van der Waals surface area contributed by atoms with Gasteiger partial charge in [0.15, 0.2) is 0 Å². The number of aromatic nitrogens is 2. The van der Waals surface area contributed by atoms with Gasteiger partial charge >= 0.3 is 0 Å². The second kappa shape index (κ2) is 8.86. The van der Waals surface area contributed by atoms with Gasteiger partial charge in [-0.3, -0.25) is 14.9 Å². The number of benzene rings is 2. The zero-order valence-corrected chi connectivity index (χ0v) is 16.5. The average Bonchev–Trinajstić information content (AvgIpc) is 3.28. The van der Waals surface area contributed by atoms with E-state index in [4.69, 9.17) is 4.52 Å².